The number of fused-ring (bicyclic) bond motifs is 1. The van der Waals surface area contributed by atoms with Crippen LogP contribution < -0.4 is 21.1 Å². The Morgan fingerprint density at radius 1 is 1.00 bits per heavy atom. The third-order valence-electron chi connectivity index (χ3n) is 6.45. The lowest BCUT2D eigenvalue weighted by atomic mass is 10.1. The van der Waals surface area contributed by atoms with Crippen molar-refractivity contribution in [3.8, 4) is 16.9 Å². The lowest BCUT2D eigenvalue weighted by Crippen LogP contribution is -2.36. The van der Waals surface area contributed by atoms with Crippen molar-refractivity contribution >= 4 is 28.7 Å². The van der Waals surface area contributed by atoms with Crippen molar-refractivity contribution in [1.29, 1.82) is 0 Å². The smallest absolute Gasteiger partial charge is 0.404 e. The Labute approximate surface area is 238 Å². The number of rotatable bonds is 6. The molecule has 0 radical (unpaired) electrons. The maximum Gasteiger partial charge on any atom is 0.573 e. The van der Waals surface area contributed by atoms with Gasteiger partial charge in [-0.1, -0.05) is 6.07 Å². The van der Waals surface area contributed by atoms with Crippen molar-refractivity contribution < 1.29 is 45.0 Å². The quantitative estimate of drug-likeness (QED) is 0.246. The maximum absolute atomic E-state index is 14.1. The number of benzene rings is 2. The Hall–Kier alpha value is -4.64. The summed E-state index contributed by atoms with van der Waals surface area (Å²) in [7, 11) is 0. The van der Waals surface area contributed by atoms with Gasteiger partial charge in [-0.15, -0.1) is 13.2 Å². The normalized spacial score (nSPS) is 14.6. The molecule has 2 aromatic carbocycles. The first-order valence-corrected chi connectivity index (χ1v) is 12.5. The Morgan fingerprint density at radius 3 is 2.42 bits per heavy atom. The van der Waals surface area contributed by atoms with Crippen LogP contribution in [-0.2, 0) is 17.5 Å². The third-order valence-corrected chi connectivity index (χ3v) is 6.45. The van der Waals surface area contributed by atoms with E-state index in [0.717, 1.165) is 12.1 Å². The second-order valence-corrected chi connectivity index (χ2v) is 9.37. The molecule has 10 nitrogen and oxygen atoms in total. The Balaban J connectivity index is 1.48. The number of nitrogen functional groups attached to an aromatic ring is 1. The van der Waals surface area contributed by atoms with Gasteiger partial charge in [-0.3, -0.25) is 4.90 Å². The summed E-state index contributed by atoms with van der Waals surface area (Å²) in [5.41, 5.74) is 5.08. The summed E-state index contributed by atoms with van der Waals surface area (Å²) in [6.45, 7) is 2.81. The van der Waals surface area contributed by atoms with Crippen molar-refractivity contribution in [3.63, 3.8) is 0 Å². The number of nitrogens with one attached hydrogen (secondary N) is 2. The molecule has 4 N–H and O–H groups in total. The Morgan fingerprint density at radius 2 is 1.72 bits per heavy atom. The van der Waals surface area contributed by atoms with E-state index in [-0.39, 0.29) is 11.4 Å². The number of ether oxygens (including phenoxy) is 2. The number of hydrogen-bond donors (Lipinski definition) is 3. The summed E-state index contributed by atoms with van der Waals surface area (Å²) >= 11 is 0. The highest BCUT2D eigenvalue weighted by atomic mass is 19.4. The molecule has 0 atom stereocenters. The van der Waals surface area contributed by atoms with Crippen molar-refractivity contribution in [3.05, 3.63) is 65.9 Å². The van der Waals surface area contributed by atoms with Gasteiger partial charge in [-0.05, 0) is 42.0 Å². The molecule has 17 heteroatoms. The van der Waals surface area contributed by atoms with Gasteiger partial charge >= 0.3 is 18.6 Å². The second kappa shape index (κ2) is 11.6. The topological polar surface area (TPSA) is 119 Å². The minimum absolute atomic E-state index is 0.0567. The number of amides is 2. The summed E-state index contributed by atoms with van der Waals surface area (Å²) in [5.74, 6) is -1.99. The average Bonchev–Trinajstić information content (AvgIpc) is 3.29. The number of nitrogens with two attached hydrogens (primary N) is 1. The molecule has 2 amide bonds. The zero-order chi connectivity index (χ0) is 30.9. The lowest BCUT2D eigenvalue weighted by Gasteiger charge is -2.26. The molecule has 1 fully saturated rings. The number of aromatic nitrogens is 3. The van der Waals surface area contributed by atoms with E-state index in [1.165, 1.54) is 16.9 Å². The van der Waals surface area contributed by atoms with Gasteiger partial charge in [0.15, 0.2) is 11.6 Å². The summed E-state index contributed by atoms with van der Waals surface area (Å²) < 4.78 is 104. The Bertz CT molecular complexity index is 1650. The molecule has 5 rings (SSSR count). The number of alkyl halides is 6. The molecule has 2 aromatic heterocycles. The van der Waals surface area contributed by atoms with Crippen molar-refractivity contribution in [1.82, 2.24) is 19.5 Å². The van der Waals surface area contributed by atoms with Gasteiger partial charge in [-0.25, -0.2) is 18.7 Å². The van der Waals surface area contributed by atoms with Gasteiger partial charge in [0, 0.05) is 25.2 Å². The van der Waals surface area contributed by atoms with E-state index in [2.05, 4.69) is 25.0 Å². The van der Waals surface area contributed by atoms with Gasteiger partial charge in [0.25, 0.3) is 0 Å². The average molecular weight is 613 g/mol. The molecule has 4 aromatic rings. The summed E-state index contributed by atoms with van der Waals surface area (Å²) in [6, 6.07) is 5.14. The standard InChI is InChI=1S/C26H22F7N7O3/c27-18-3-2-15(25(28,29)30)10-20(18)38-24(41)37-19-4-1-14(9-21(19)43-26(31,32)33)17-11-16(12-39-5-7-42-8-6-39)40-22(17)23(34)35-13-36-40/h1-4,9-11,13H,5-8,12H2,(H2,34,35,36)(H2,37,38,41). The minimum atomic E-state index is -5.19. The Kier molecular flexibility index (Phi) is 8.02. The van der Waals surface area contributed by atoms with Crippen LogP contribution in [0.1, 0.15) is 11.3 Å². The summed E-state index contributed by atoms with van der Waals surface area (Å²) in [5, 5.41) is 8.18. The van der Waals surface area contributed by atoms with Gasteiger partial charge in [0.1, 0.15) is 17.7 Å². The number of anilines is 3. The van der Waals surface area contributed by atoms with E-state index in [1.54, 1.807) is 6.07 Å². The van der Waals surface area contributed by atoms with Gasteiger partial charge < -0.3 is 25.8 Å². The first-order chi connectivity index (χ1) is 20.3. The number of carbonyl (C=O) groups excluding carboxylic acids is 1. The zero-order valence-electron chi connectivity index (χ0n) is 21.9. The van der Waals surface area contributed by atoms with Crippen LogP contribution in [0.15, 0.2) is 48.8 Å². The molecule has 43 heavy (non-hydrogen) atoms. The number of morpholine rings is 1. The van der Waals surface area contributed by atoms with Crippen molar-refractivity contribution in [2.45, 2.75) is 19.1 Å². The molecule has 0 aliphatic carbocycles. The molecular weight excluding hydrogens is 591 g/mol. The highest BCUT2D eigenvalue weighted by molar-refractivity contribution is 6.01. The minimum Gasteiger partial charge on any atom is -0.404 e. The number of nitrogens with zero attached hydrogens (tertiary/aromatic N) is 4. The molecule has 0 unspecified atom stereocenters. The number of urea groups is 1. The zero-order valence-corrected chi connectivity index (χ0v) is 21.9. The highest BCUT2D eigenvalue weighted by Gasteiger charge is 2.33. The van der Waals surface area contributed by atoms with Gasteiger partial charge in [0.05, 0.1) is 35.8 Å². The summed E-state index contributed by atoms with van der Waals surface area (Å²) in [4.78, 5) is 18.6. The molecule has 1 saturated heterocycles. The van der Waals surface area contributed by atoms with Gasteiger partial charge in [0.2, 0.25) is 0 Å². The highest BCUT2D eigenvalue weighted by Crippen LogP contribution is 2.38. The molecule has 228 valence electrons. The number of carbonyl (C=O) groups is 1. The molecular formula is C26H22F7N7O3. The third kappa shape index (κ3) is 6.89. The van der Waals surface area contributed by atoms with E-state index in [1.807, 2.05) is 5.32 Å². The molecule has 0 spiro atoms. The van der Waals surface area contributed by atoms with Crippen LogP contribution in [-0.4, -0.2) is 58.2 Å². The number of hydrogen-bond acceptors (Lipinski definition) is 7. The van der Waals surface area contributed by atoms with Crippen LogP contribution in [0.25, 0.3) is 16.6 Å². The fraction of sp³-hybridized carbons (Fsp3) is 0.269. The molecule has 1 aliphatic heterocycles. The first-order valence-electron chi connectivity index (χ1n) is 12.5. The number of halogens is 7. The van der Waals surface area contributed by atoms with E-state index >= 15 is 0 Å². The van der Waals surface area contributed by atoms with Crippen LogP contribution >= 0.6 is 0 Å². The predicted molar refractivity (Wildman–Crippen MR) is 140 cm³/mol. The van der Waals surface area contributed by atoms with Crippen molar-refractivity contribution in [2.75, 3.05) is 42.7 Å². The van der Waals surface area contributed by atoms with Crippen LogP contribution in [0, 0.1) is 5.82 Å². The lowest BCUT2D eigenvalue weighted by molar-refractivity contribution is -0.274. The molecule has 1 aliphatic rings. The van der Waals surface area contributed by atoms with E-state index in [9.17, 15) is 35.5 Å². The SMILES string of the molecule is Nc1ncnn2c(CN3CCOCC3)cc(-c3ccc(NC(=O)Nc4cc(C(F)(F)F)ccc4F)c(OC(F)(F)F)c3)c12. The van der Waals surface area contributed by atoms with Gasteiger partial charge in [-0.2, -0.15) is 18.3 Å². The van der Waals surface area contributed by atoms with Crippen LogP contribution in [0.4, 0.5) is 52.7 Å². The fourth-order valence-electron chi connectivity index (χ4n) is 4.53. The fourth-order valence-corrected chi connectivity index (χ4v) is 4.53. The first kappa shape index (κ1) is 29.8. The van der Waals surface area contributed by atoms with Crippen LogP contribution in [0.2, 0.25) is 0 Å². The second-order valence-electron chi connectivity index (χ2n) is 9.37. The monoisotopic (exact) mass is 613 g/mol. The van der Waals surface area contributed by atoms with E-state index in [4.69, 9.17) is 10.5 Å². The van der Waals surface area contributed by atoms with Crippen LogP contribution in [0.5, 0.6) is 5.75 Å². The van der Waals surface area contributed by atoms with Crippen LogP contribution in [0.3, 0.4) is 0 Å². The maximum atomic E-state index is 14.1. The van der Waals surface area contributed by atoms with E-state index < -0.39 is 47.1 Å². The van der Waals surface area contributed by atoms with E-state index in [0.29, 0.717) is 67.8 Å². The molecule has 3 heterocycles. The molecule has 0 bridgehead atoms. The molecule has 0 saturated carbocycles. The van der Waals surface area contributed by atoms with Crippen molar-refractivity contribution in [2.24, 2.45) is 0 Å². The predicted octanol–water partition coefficient (Wildman–Crippen LogP) is 5.51. The largest absolute Gasteiger partial charge is 0.573 e. The summed E-state index contributed by atoms with van der Waals surface area (Å²) in [6.07, 6.45) is -8.78.